The van der Waals surface area contributed by atoms with Crippen LogP contribution in [0.4, 0.5) is 5.69 Å². The zero-order valence-electron chi connectivity index (χ0n) is 8.81. The van der Waals surface area contributed by atoms with Crippen LogP contribution in [0.15, 0.2) is 40.9 Å². The van der Waals surface area contributed by atoms with Crippen molar-refractivity contribution in [2.75, 3.05) is 5.32 Å². The summed E-state index contributed by atoms with van der Waals surface area (Å²) in [5, 5.41) is 12.1. The average Bonchev–Trinajstić information content (AvgIpc) is 2.77. The largest absolute Gasteiger partial charge is 0.477 e. The minimum Gasteiger partial charge on any atom is -0.477 e. The molecule has 0 saturated heterocycles. The first kappa shape index (κ1) is 12.1. The number of thiophene rings is 1. The Morgan fingerprint density at radius 3 is 2.71 bits per heavy atom. The lowest BCUT2D eigenvalue weighted by Crippen LogP contribution is -1.97. The molecule has 0 aliphatic heterocycles. The molecule has 0 aliphatic carbocycles. The van der Waals surface area contributed by atoms with Crippen molar-refractivity contribution in [2.24, 2.45) is 0 Å². The Labute approximate surface area is 111 Å². The normalized spacial score (nSPS) is 10.2. The quantitative estimate of drug-likeness (QED) is 0.902. The molecule has 88 valence electrons. The third-order valence-corrected chi connectivity index (χ3v) is 3.96. The summed E-state index contributed by atoms with van der Waals surface area (Å²) >= 11 is 4.73. The smallest absolute Gasteiger partial charge is 0.345 e. The molecule has 1 aromatic carbocycles. The first-order valence-corrected chi connectivity index (χ1v) is 6.58. The van der Waals surface area contributed by atoms with E-state index in [0.29, 0.717) is 11.4 Å². The zero-order chi connectivity index (χ0) is 12.3. The predicted octanol–water partition coefficient (Wildman–Crippen LogP) is 3.82. The van der Waals surface area contributed by atoms with Crippen LogP contribution in [0.25, 0.3) is 0 Å². The van der Waals surface area contributed by atoms with Gasteiger partial charge in [0.15, 0.2) is 0 Å². The number of anilines is 1. The molecule has 0 radical (unpaired) electrons. The Morgan fingerprint density at radius 1 is 1.29 bits per heavy atom. The first-order valence-electron chi connectivity index (χ1n) is 4.97. The standard InChI is InChI=1S/C12H10BrNO2S/c13-9-3-1-2-4-10(9)14-7-8-5-6-11(17-8)12(15)16/h1-6,14H,7H2,(H,15,16). The second-order valence-corrected chi connectivity index (χ2v) is 5.43. The maximum atomic E-state index is 10.7. The second kappa shape index (κ2) is 5.33. The molecule has 1 aromatic heterocycles. The van der Waals surface area contributed by atoms with Crippen LogP contribution in [0.2, 0.25) is 0 Å². The Hall–Kier alpha value is -1.33. The van der Waals surface area contributed by atoms with Crippen molar-refractivity contribution in [3.8, 4) is 0 Å². The molecule has 0 unspecified atom stereocenters. The molecule has 17 heavy (non-hydrogen) atoms. The van der Waals surface area contributed by atoms with Crippen molar-refractivity contribution in [1.82, 2.24) is 0 Å². The molecule has 0 bridgehead atoms. The molecule has 3 nitrogen and oxygen atoms in total. The molecule has 2 aromatic rings. The Kier molecular flexibility index (Phi) is 3.81. The summed E-state index contributed by atoms with van der Waals surface area (Å²) in [7, 11) is 0. The number of hydrogen-bond donors (Lipinski definition) is 2. The SMILES string of the molecule is O=C(O)c1ccc(CNc2ccccc2Br)s1. The molecular weight excluding hydrogens is 302 g/mol. The van der Waals surface area contributed by atoms with Crippen molar-refractivity contribution >= 4 is 38.9 Å². The van der Waals surface area contributed by atoms with E-state index in [0.717, 1.165) is 15.0 Å². The van der Waals surface area contributed by atoms with E-state index in [1.54, 1.807) is 6.07 Å². The van der Waals surface area contributed by atoms with Gasteiger partial charge in [0.25, 0.3) is 0 Å². The Morgan fingerprint density at radius 2 is 2.06 bits per heavy atom. The topological polar surface area (TPSA) is 49.3 Å². The molecule has 0 fully saturated rings. The Bertz CT molecular complexity index is 539. The summed E-state index contributed by atoms with van der Waals surface area (Å²) < 4.78 is 0.995. The summed E-state index contributed by atoms with van der Waals surface area (Å²) in [4.78, 5) is 12.1. The minimum absolute atomic E-state index is 0.369. The van der Waals surface area contributed by atoms with Gasteiger partial charge in [-0.25, -0.2) is 4.79 Å². The van der Waals surface area contributed by atoms with Crippen molar-refractivity contribution in [3.05, 3.63) is 50.6 Å². The first-order chi connectivity index (χ1) is 8.16. The van der Waals surface area contributed by atoms with Gasteiger partial charge in [-0.1, -0.05) is 12.1 Å². The number of carboxylic acids is 1. The number of benzene rings is 1. The highest BCUT2D eigenvalue weighted by atomic mass is 79.9. The zero-order valence-corrected chi connectivity index (χ0v) is 11.2. The van der Waals surface area contributed by atoms with Crippen LogP contribution in [0.1, 0.15) is 14.5 Å². The van der Waals surface area contributed by atoms with Crippen molar-refractivity contribution < 1.29 is 9.90 Å². The van der Waals surface area contributed by atoms with Gasteiger partial charge in [-0.3, -0.25) is 0 Å². The van der Waals surface area contributed by atoms with Crippen LogP contribution in [-0.4, -0.2) is 11.1 Å². The van der Waals surface area contributed by atoms with E-state index in [1.807, 2.05) is 30.3 Å². The fourth-order valence-electron chi connectivity index (χ4n) is 1.37. The maximum Gasteiger partial charge on any atom is 0.345 e. The lowest BCUT2D eigenvalue weighted by Gasteiger charge is -2.06. The molecular formula is C12H10BrNO2S. The molecule has 0 spiro atoms. The van der Waals surface area contributed by atoms with Crippen LogP contribution in [-0.2, 0) is 6.54 Å². The van der Waals surface area contributed by atoms with E-state index in [9.17, 15) is 4.79 Å². The molecule has 0 amide bonds. The van der Waals surface area contributed by atoms with Crippen molar-refractivity contribution in [2.45, 2.75) is 6.54 Å². The van der Waals surface area contributed by atoms with Crippen molar-refractivity contribution in [3.63, 3.8) is 0 Å². The number of carboxylic acid groups (broad SMARTS) is 1. The fraction of sp³-hybridized carbons (Fsp3) is 0.0833. The highest BCUT2D eigenvalue weighted by Gasteiger charge is 2.06. The van der Waals surface area contributed by atoms with E-state index in [2.05, 4.69) is 21.2 Å². The van der Waals surface area contributed by atoms with Crippen LogP contribution < -0.4 is 5.32 Å². The average molecular weight is 312 g/mol. The molecule has 2 N–H and O–H groups in total. The van der Waals surface area contributed by atoms with Crippen molar-refractivity contribution in [1.29, 1.82) is 0 Å². The summed E-state index contributed by atoms with van der Waals surface area (Å²) in [6.07, 6.45) is 0. The van der Waals surface area contributed by atoms with Crippen LogP contribution in [0.5, 0.6) is 0 Å². The number of para-hydroxylation sites is 1. The number of rotatable bonds is 4. The van der Waals surface area contributed by atoms with E-state index in [1.165, 1.54) is 11.3 Å². The van der Waals surface area contributed by atoms with Crippen LogP contribution in [0.3, 0.4) is 0 Å². The maximum absolute atomic E-state index is 10.7. The van der Waals surface area contributed by atoms with Gasteiger partial charge >= 0.3 is 5.97 Å². The third kappa shape index (κ3) is 3.08. The van der Waals surface area contributed by atoms with E-state index < -0.39 is 5.97 Å². The molecule has 1 heterocycles. The summed E-state index contributed by atoms with van der Waals surface area (Å²) in [5.41, 5.74) is 0.998. The van der Waals surface area contributed by atoms with Crippen LogP contribution in [0, 0.1) is 0 Å². The number of carbonyl (C=O) groups is 1. The third-order valence-electron chi connectivity index (χ3n) is 2.20. The van der Waals surface area contributed by atoms with Gasteiger partial charge in [-0.2, -0.15) is 0 Å². The van der Waals surface area contributed by atoms with Gasteiger partial charge in [0.2, 0.25) is 0 Å². The summed E-state index contributed by atoms with van der Waals surface area (Å²) in [5.74, 6) is -0.873. The Balaban J connectivity index is 2.02. The summed E-state index contributed by atoms with van der Waals surface area (Å²) in [6.45, 7) is 0.626. The fourth-order valence-corrected chi connectivity index (χ4v) is 2.59. The minimum atomic E-state index is -0.873. The van der Waals surface area contributed by atoms with Gasteiger partial charge in [-0.05, 0) is 40.2 Å². The number of hydrogen-bond acceptors (Lipinski definition) is 3. The lowest BCUT2D eigenvalue weighted by molar-refractivity contribution is 0.0702. The number of nitrogens with one attached hydrogen (secondary N) is 1. The number of aromatic carboxylic acids is 1. The molecule has 5 heteroatoms. The molecule has 0 aliphatic rings. The monoisotopic (exact) mass is 311 g/mol. The predicted molar refractivity (Wildman–Crippen MR) is 72.7 cm³/mol. The lowest BCUT2D eigenvalue weighted by atomic mass is 10.3. The highest BCUT2D eigenvalue weighted by molar-refractivity contribution is 9.10. The van der Waals surface area contributed by atoms with E-state index in [4.69, 9.17) is 5.11 Å². The number of halogens is 1. The second-order valence-electron chi connectivity index (χ2n) is 3.40. The highest BCUT2D eigenvalue weighted by Crippen LogP contribution is 2.23. The van der Waals surface area contributed by atoms with Gasteiger partial charge in [0.1, 0.15) is 4.88 Å². The summed E-state index contributed by atoms with van der Waals surface area (Å²) in [6, 6.07) is 11.3. The van der Waals surface area contributed by atoms with Crippen LogP contribution >= 0.6 is 27.3 Å². The van der Waals surface area contributed by atoms with Gasteiger partial charge in [0, 0.05) is 21.6 Å². The molecule has 2 rings (SSSR count). The van der Waals surface area contributed by atoms with E-state index in [-0.39, 0.29) is 0 Å². The van der Waals surface area contributed by atoms with Gasteiger partial charge in [0.05, 0.1) is 0 Å². The molecule has 0 atom stereocenters. The van der Waals surface area contributed by atoms with E-state index >= 15 is 0 Å². The van der Waals surface area contributed by atoms with Gasteiger partial charge < -0.3 is 10.4 Å². The van der Waals surface area contributed by atoms with Gasteiger partial charge in [-0.15, -0.1) is 11.3 Å². The molecule has 0 saturated carbocycles.